The third-order valence-electron chi connectivity index (χ3n) is 13.1. The molecule has 2 aromatic heterocycles. The molecule has 284 valence electrons. The van der Waals surface area contributed by atoms with E-state index < -0.39 is 0 Å². The van der Waals surface area contributed by atoms with Crippen molar-refractivity contribution in [2.75, 3.05) is 0 Å². The molecule has 2 heteroatoms. The molecule has 12 aromatic rings. The van der Waals surface area contributed by atoms with E-state index in [1.807, 2.05) is 0 Å². The molecule has 0 aliphatic heterocycles. The molecule has 0 N–H and O–H groups in total. The smallest absolute Gasteiger partial charge is 0.0544 e. The van der Waals surface area contributed by atoms with E-state index in [1.54, 1.807) is 0 Å². The molecular weight excluding hydrogens is 737 g/mol. The molecule has 0 saturated carbocycles. The van der Waals surface area contributed by atoms with Crippen LogP contribution in [-0.2, 0) is 0 Å². The van der Waals surface area contributed by atoms with Gasteiger partial charge in [0, 0.05) is 38.8 Å². The Morgan fingerprint density at radius 1 is 0.279 bits per heavy atom. The summed E-state index contributed by atoms with van der Waals surface area (Å²) in [5, 5.41) is 7.57. The van der Waals surface area contributed by atoms with Crippen molar-refractivity contribution in [3.63, 3.8) is 0 Å². The van der Waals surface area contributed by atoms with E-state index >= 15 is 0 Å². The first-order valence-electron chi connectivity index (χ1n) is 21.2. The first-order valence-corrected chi connectivity index (χ1v) is 21.2. The largest absolute Gasteiger partial charge is 0.309 e. The Hall–Kier alpha value is -7.94. The normalized spacial score (nSPS) is 13.4. The van der Waals surface area contributed by atoms with Gasteiger partial charge in [0.1, 0.15) is 0 Å². The van der Waals surface area contributed by atoms with Gasteiger partial charge in [-0.15, -0.1) is 0 Å². The molecule has 1 unspecified atom stereocenters. The number of hydrogen-bond donors (Lipinski definition) is 0. The lowest BCUT2D eigenvalue weighted by molar-refractivity contribution is 1.02. The number of hydrogen-bond acceptors (Lipinski definition) is 0. The lowest BCUT2D eigenvalue weighted by Crippen LogP contribution is -2.00. The quantitative estimate of drug-likeness (QED) is 0.165. The lowest BCUT2D eigenvalue weighted by atomic mass is 9.88. The first-order chi connectivity index (χ1) is 30.2. The van der Waals surface area contributed by atoms with Crippen molar-refractivity contribution in [1.82, 2.24) is 9.13 Å². The van der Waals surface area contributed by atoms with Crippen LogP contribution in [-0.4, -0.2) is 9.13 Å². The van der Waals surface area contributed by atoms with Crippen LogP contribution in [0.4, 0.5) is 0 Å². The highest BCUT2D eigenvalue weighted by Gasteiger charge is 2.31. The van der Waals surface area contributed by atoms with Crippen molar-refractivity contribution in [3.05, 3.63) is 241 Å². The second-order valence-electron chi connectivity index (χ2n) is 16.5. The Morgan fingerprint density at radius 2 is 0.869 bits per heavy atom. The molecular formula is C59H38N2. The summed E-state index contributed by atoms with van der Waals surface area (Å²) >= 11 is 0. The van der Waals surface area contributed by atoms with Gasteiger partial charge in [0.15, 0.2) is 0 Å². The Kier molecular flexibility index (Phi) is 7.40. The summed E-state index contributed by atoms with van der Waals surface area (Å²) in [7, 11) is 0. The van der Waals surface area contributed by atoms with Gasteiger partial charge in [-0.3, -0.25) is 0 Å². The monoisotopic (exact) mass is 774 g/mol. The van der Waals surface area contributed by atoms with Gasteiger partial charge in [0.25, 0.3) is 0 Å². The standard InChI is InChI=1S/C59H38N2/c1-3-14-38(15-4-1)41-18-13-21-46(33-41)61-55-25-12-11-23-48(55)51-34-42(28-30-56(51)61)43-29-31-57-52(35-43)53-36-50-47-22-9-10-24-49(47)59(44-27-26-39-16-7-8-17-40(39)32-44)54(50)37-58(53)60(57)45-19-5-2-6-20-45/h1-37,59H. The molecule has 0 amide bonds. The molecule has 1 aliphatic carbocycles. The topological polar surface area (TPSA) is 9.86 Å². The molecule has 2 heterocycles. The van der Waals surface area contributed by atoms with E-state index in [4.69, 9.17) is 0 Å². The fraction of sp³-hybridized carbons (Fsp3) is 0.0169. The van der Waals surface area contributed by atoms with Crippen LogP contribution >= 0.6 is 0 Å². The van der Waals surface area contributed by atoms with Crippen molar-refractivity contribution in [3.8, 4) is 44.8 Å². The maximum atomic E-state index is 2.49. The van der Waals surface area contributed by atoms with Crippen LogP contribution in [0.15, 0.2) is 224 Å². The van der Waals surface area contributed by atoms with Crippen molar-refractivity contribution >= 4 is 54.4 Å². The summed E-state index contributed by atoms with van der Waals surface area (Å²) in [6.07, 6.45) is 0. The number of benzene rings is 10. The third-order valence-corrected chi connectivity index (χ3v) is 13.1. The van der Waals surface area contributed by atoms with Crippen molar-refractivity contribution in [1.29, 1.82) is 0 Å². The zero-order valence-electron chi connectivity index (χ0n) is 33.3. The number of para-hydroxylation sites is 2. The fourth-order valence-corrected chi connectivity index (χ4v) is 10.4. The summed E-state index contributed by atoms with van der Waals surface area (Å²) in [5.74, 6) is 0.146. The highest BCUT2D eigenvalue weighted by molar-refractivity contribution is 6.14. The van der Waals surface area contributed by atoms with E-state index in [-0.39, 0.29) is 5.92 Å². The van der Waals surface area contributed by atoms with Gasteiger partial charge < -0.3 is 9.13 Å². The van der Waals surface area contributed by atoms with Crippen LogP contribution in [0.5, 0.6) is 0 Å². The highest BCUT2D eigenvalue weighted by atomic mass is 15.0. The van der Waals surface area contributed by atoms with Crippen molar-refractivity contribution in [2.45, 2.75) is 5.92 Å². The zero-order chi connectivity index (χ0) is 40.0. The molecule has 10 aromatic carbocycles. The average molecular weight is 775 g/mol. The zero-order valence-corrected chi connectivity index (χ0v) is 33.3. The second-order valence-corrected chi connectivity index (χ2v) is 16.5. The minimum atomic E-state index is 0.146. The molecule has 0 fully saturated rings. The van der Waals surface area contributed by atoms with Gasteiger partial charge in [-0.25, -0.2) is 0 Å². The van der Waals surface area contributed by atoms with Gasteiger partial charge in [0.05, 0.1) is 22.1 Å². The van der Waals surface area contributed by atoms with Crippen LogP contribution in [0, 0.1) is 0 Å². The number of rotatable bonds is 5. The summed E-state index contributed by atoms with van der Waals surface area (Å²) in [5.41, 5.74) is 18.7. The molecule has 0 spiro atoms. The number of nitrogens with zero attached hydrogens (tertiary/aromatic N) is 2. The van der Waals surface area contributed by atoms with Gasteiger partial charge in [-0.1, -0.05) is 158 Å². The minimum Gasteiger partial charge on any atom is -0.309 e. The van der Waals surface area contributed by atoms with Gasteiger partial charge in [-0.05, 0) is 128 Å². The van der Waals surface area contributed by atoms with E-state index in [0.717, 1.165) is 5.69 Å². The average Bonchev–Trinajstić information content (AvgIpc) is 3.96. The lowest BCUT2D eigenvalue weighted by Gasteiger charge is -2.16. The van der Waals surface area contributed by atoms with E-state index in [0.29, 0.717) is 0 Å². The van der Waals surface area contributed by atoms with Crippen LogP contribution in [0.2, 0.25) is 0 Å². The predicted molar refractivity (Wildman–Crippen MR) is 256 cm³/mol. The van der Waals surface area contributed by atoms with Crippen LogP contribution in [0.3, 0.4) is 0 Å². The second kappa shape index (κ2) is 13.3. The first kappa shape index (κ1) is 34.0. The molecule has 61 heavy (non-hydrogen) atoms. The molecule has 0 bridgehead atoms. The number of aromatic nitrogens is 2. The number of fused-ring (bicyclic) bond motifs is 10. The highest BCUT2D eigenvalue weighted by Crippen LogP contribution is 2.51. The third kappa shape index (κ3) is 5.22. The molecule has 1 aliphatic rings. The predicted octanol–water partition coefficient (Wildman–Crippen LogP) is 15.5. The maximum absolute atomic E-state index is 2.49. The Bertz CT molecular complexity index is 3700. The van der Waals surface area contributed by atoms with E-state index in [1.165, 1.54) is 110 Å². The molecule has 13 rings (SSSR count). The van der Waals surface area contributed by atoms with Gasteiger partial charge in [-0.2, -0.15) is 0 Å². The molecule has 0 saturated heterocycles. The summed E-state index contributed by atoms with van der Waals surface area (Å²) in [6, 6.07) is 83.0. The van der Waals surface area contributed by atoms with E-state index in [2.05, 4.69) is 234 Å². The fourth-order valence-electron chi connectivity index (χ4n) is 10.4. The SMILES string of the molecule is c1ccc(-c2cccc(-n3c4ccccc4c4cc(-c5ccc6c(c5)c5cc7c(cc5n6-c5ccccc5)C(c5ccc6ccccc6c5)c5ccccc5-7)ccc43)c2)cc1. The summed E-state index contributed by atoms with van der Waals surface area (Å²) < 4.78 is 4.89. The summed E-state index contributed by atoms with van der Waals surface area (Å²) in [6.45, 7) is 0. The van der Waals surface area contributed by atoms with Crippen LogP contribution in [0.25, 0.3) is 99.1 Å². The molecule has 2 nitrogen and oxygen atoms in total. The van der Waals surface area contributed by atoms with E-state index in [9.17, 15) is 0 Å². The minimum absolute atomic E-state index is 0.146. The molecule has 0 radical (unpaired) electrons. The van der Waals surface area contributed by atoms with Crippen LogP contribution in [0.1, 0.15) is 22.6 Å². The Balaban J connectivity index is 1.00. The Morgan fingerprint density at radius 3 is 1.69 bits per heavy atom. The maximum Gasteiger partial charge on any atom is 0.0544 e. The summed E-state index contributed by atoms with van der Waals surface area (Å²) in [4.78, 5) is 0. The Labute approximate surface area is 353 Å². The van der Waals surface area contributed by atoms with Crippen molar-refractivity contribution in [2.24, 2.45) is 0 Å². The van der Waals surface area contributed by atoms with Gasteiger partial charge in [0.2, 0.25) is 0 Å². The van der Waals surface area contributed by atoms with Crippen LogP contribution < -0.4 is 0 Å². The molecule has 1 atom stereocenters. The van der Waals surface area contributed by atoms with Gasteiger partial charge >= 0.3 is 0 Å². The van der Waals surface area contributed by atoms with Crippen molar-refractivity contribution < 1.29 is 0 Å².